The first-order valence-electron chi connectivity index (χ1n) is 10.1. The van der Waals surface area contributed by atoms with Gasteiger partial charge < -0.3 is 4.74 Å². The van der Waals surface area contributed by atoms with E-state index in [1.54, 1.807) is 0 Å². The summed E-state index contributed by atoms with van der Waals surface area (Å²) in [6.07, 6.45) is 6.83. The molecule has 142 valence electrons. The highest BCUT2D eigenvalue weighted by Gasteiger charge is 2.40. The summed E-state index contributed by atoms with van der Waals surface area (Å²) in [7, 11) is 0. The van der Waals surface area contributed by atoms with E-state index >= 15 is 0 Å². The zero-order valence-electron chi connectivity index (χ0n) is 17.7. The second-order valence-electron chi connectivity index (χ2n) is 10.9. The first-order chi connectivity index (χ1) is 11.5. The fourth-order valence-electron chi connectivity index (χ4n) is 5.36. The van der Waals surface area contributed by atoms with Gasteiger partial charge in [0.15, 0.2) is 0 Å². The molecular formula is C24H40O. The lowest BCUT2D eigenvalue weighted by molar-refractivity contribution is -0.0469. The van der Waals surface area contributed by atoms with Crippen molar-refractivity contribution in [3.8, 4) is 0 Å². The highest BCUT2D eigenvalue weighted by atomic mass is 16.5. The maximum atomic E-state index is 6.41. The zero-order chi connectivity index (χ0) is 18.7. The van der Waals surface area contributed by atoms with Crippen LogP contribution in [-0.4, -0.2) is 6.10 Å². The maximum absolute atomic E-state index is 6.41. The quantitative estimate of drug-likeness (QED) is 0.528. The SMILES string of the molecule is CC1CC(C)(C)CC(C)(CCC(OCc2ccccc2)C(C)(C)C)C1. The Morgan fingerprint density at radius 2 is 1.72 bits per heavy atom. The van der Waals surface area contributed by atoms with Crippen LogP contribution in [0, 0.1) is 22.2 Å². The number of ether oxygens (including phenoxy) is 1. The Morgan fingerprint density at radius 1 is 1.08 bits per heavy atom. The van der Waals surface area contributed by atoms with Crippen LogP contribution in [0.5, 0.6) is 0 Å². The van der Waals surface area contributed by atoms with Crippen LogP contribution in [-0.2, 0) is 11.3 Å². The largest absolute Gasteiger partial charge is 0.373 e. The summed E-state index contributed by atoms with van der Waals surface area (Å²) in [5.74, 6) is 0.840. The van der Waals surface area contributed by atoms with Gasteiger partial charge in [0.2, 0.25) is 0 Å². The van der Waals surface area contributed by atoms with Crippen LogP contribution in [0.3, 0.4) is 0 Å². The Hall–Kier alpha value is -0.820. The molecule has 0 aromatic heterocycles. The molecule has 0 heterocycles. The summed E-state index contributed by atoms with van der Waals surface area (Å²) in [6.45, 7) is 17.5. The molecule has 1 aromatic rings. The molecule has 1 aliphatic rings. The van der Waals surface area contributed by atoms with Crippen molar-refractivity contribution in [3.63, 3.8) is 0 Å². The molecule has 1 fully saturated rings. The first kappa shape index (κ1) is 20.5. The molecule has 1 aromatic carbocycles. The molecule has 0 N–H and O–H groups in total. The van der Waals surface area contributed by atoms with E-state index in [0.717, 1.165) is 18.9 Å². The van der Waals surface area contributed by atoms with Crippen LogP contribution < -0.4 is 0 Å². The fourth-order valence-corrected chi connectivity index (χ4v) is 5.36. The third-order valence-electron chi connectivity index (χ3n) is 5.92. The van der Waals surface area contributed by atoms with E-state index in [9.17, 15) is 0 Å². The van der Waals surface area contributed by atoms with Crippen molar-refractivity contribution < 1.29 is 4.74 Å². The molecule has 3 unspecified atom stereocenters. The molecule has 2 rings (SSSR count). The summed E-state index contributed by atoms with van der Waals surface area (Å²) in [4.78, 5) is 0. The summed E-state index contributed by atoms with van der Waals surface area (Å²) in [6, 6.07) is 10.6. The molecule has 0 bridgehead atoms. The Morgan fingerprint density at radius 3 is 2.28 bits per heavy atom. The lowest BCUT2D eigenvalue weighted by Crippen LogP contribution is -2.37. The van der Waals surface area contributed by atoms with Gasteiger partial charge in [0.25, 0.3) is 0 Å². The van der Waals surface area contributed by atoms with E-state index < -0.39 is 0 Å². The molecule has 0 amide bonds. The van der Waals surface area contributed by atoms with Gasteiger partial charge in [-0.2, -0.15) is 0 Å². The van der Waals surface area contributed by atoms with Gasteiger partial charge in [-0.3, -0.25) is 0 Å². The molecule has 0 saturated heterocycles. The van der Waals surface area contributed by atoms with E-state index in [4.69, 9.17) is 4.74 Å². The molecule has 1 aliphatic carbocycles. The minimum absolute atomic E-state index is 0.181. The van der Waals surface area contributed by atoms with Crippen molar-refractivity contribution >= 4 is 0 Å². The van der Waals surface area contributed by atoms with Crippen LogP contribution in [0.2, 0.25) is 0 Å². The van der Waals surface area contributed by atoms with Gasteiger partial charge in [-0.05, 0) is 59.8 Å². The summed E-state index contributed by atoms with van der Waals surface area (Å²) in [5, 5.41) is 0. The predicted octanol–water partition coefficient (Wildman–Crippen LogP) is 7.25. The van der Waals surface area contributed by atoms with Crippen molar-refractivity contribution in [2.75, 3.05) is 0 Å². The average molecular weight is 345 g/mol. The van der Waals surface area contributed by atoms with E-state index in [0.29, 0.717) is 16.9 Å². The lowest BCUT2D eigenvalue weighted by atomic mass is 9.59. The van der Waals surface area contributed by atoms with Gasteiger partial charge in [-0.25, -0.2) is 0 Å². The normalized spacial score (nSPS) is 27.9. The van der Waals surface area contributed by atoms with Crippen LogP contribution >= 0.6 is 0 Å². The van der Waals surface area contributed by atoms with Gasteiger partial charge >= 0.3 is 0 Å². The van der Waals surface area contributed by atoms with Gasteiger partial charge in [-0.1, -0.05) is 78.8 Å². The fraction of sp³-hybridized carbons (Fsp3) is 0.750. The third kappa shape index (κ3) is 6.44. The van der Waals surface area contributed by atoms with Crippen molar-refractivity contribution in [2.24, 2.45) is 22.2 Å². The monoisotopic (exact) mass is 344 g/mol. The Kier molecular flexibility index (Phi) is 6.41. The van der Waals surface area contributed by atoms with E-state index in [-0.39, 0.29) is 5.41 Å². The minimum atomic E-state index is 0.181. The maximum Gasteiger partial charge on any atom is 0.0720 e. The van der Waals surface area contributed by atoms with Gasteiger partial charge in [0, 0.05) is 0 Å². The topological polar surface area (TPSA) is 9.23 Å². The summed E-state index contributed by atoms with van der Waals surface area (Å²) < 4.78 is 6.41. The molecule has 1 heteroatoms. The van der Waals surface area contributed by atoms with Crippen LogP contribution in [0.1, 0.15) is 86.1 Å². The molecule has 1 saturated carbocycles. The lowest BCUT2D eigenvalue weighted by Gasteiger charge is -2.47. The number of rotatable bonds is 6. The van der Waals surface area contributed by atoms with E-state index in [1.165, 1.54) is 31.2 Å². The molecule has 0 aliphatic heterocycles. The Bertz CT molecular complexity index is 525. The Labute approximate surface area is 156 Å². The van der Waals surface area contributed by atoms with Crippen LogP contribution in [0.25, 0.3) is 0 Å². The number of hydrogen-bond acceptors (Lipinski definition) is 1. The summed E-state index contributed by atoms with van der Waals surface area (Å²) >= 11 is 0. The molecule has 3 atom stereocenters. The average Bonchev–Trinajstić information content (AvgIpc) is 2.44. The van der Waals surface area contributed by atoms with Crippen molar-refractivity contribution in [3.05, 3.63) is 35.9 Å². The number of benzene rings is 1. The minimum Gasteiger partial charge on any atom is -0.373 e. The summed E-state index contributed by atoms with van der Waals surface area (Å²) in [5.41, 5.74) is 2.39. The predicted molar refractivity (Wildman–Crippen MR) is 109 cm³/mol. The molecular weight excluding hydrogens is 304 g/mol. The van der Waals surface area contributed by atoms with Crippen molar-refractivity contribution in [1.29, 1.82) is 0 Å². The third-order valence-corrected chi connectivity index (χ3v) is 5.92. The smallest absolute Gasteiger partial charge is 0.0720 e. The molecule has 0 spiro atoms. The molecule has 25 heavy (non-hydrogen) atoms. The van der Waals surface area contributed by atoms with E-state index in [2.05, 4.69) is 78.8 Å². The van der Waals surface area contributed by atoms with E-state index in [1.807, 2.05) is 0 Å². The van der Waals surface area contributed by atoms with Crippen molar-refractivity contribution in [2.45, 2.75) is 93.3 Å². The number of hydrogen-bond donors (Lipinski definition) is 0. The molecule has 1 nitrogen and oxygen atoms in total. The van der Waals surface area contributed by atoms with Crippen LogP contribution in [0.4, 0.5) is 0 Å². The second kappa shape index (κ2) is 7.82. The highest BCUT2D eigenvalue weighted by molar-refractivity contribution is 5.13. The first-order valence-corrected chi connectivity index (χ1v) is 10.1. The second-order valence-corrected chi connectivity index (χ2v) is 10.9. The van der Waals surface area contributed by atoms with Gasteiger partial charge in [-0.15, -0.1) is 0 Å². The molecule has 0 radical (unpaired) electrons. The zero-order valence-corrected chi connectivity index (χ0v) is 17.7. The Balaban J connectivity index is 1.97. The van der Waals surface area contributed by atoms with Crippen molar-refractivity contribution in [1.82, 2.24) is 0 Å². The highest BCUT2D eigenvalue weighted by Crippen LogP contribution is 2.51. The van der Waals surface area contributed by atoms with Crippen LogP contribution in [0.15, 0.2) is 30.3 Å². The van der Waals surface area contributed by atoms with Gasteiger partial charge in [0.05, 0.1) is 12.7 Å². The van der Waals surface area contributed by atoms with Gasteiger partial charge in [0.1, 0.15) is 0 Å². The standard InChI is InChI=1S/C24H40O/c1-19-15-23(5,6)18-24(7,16-19)14-13-21(22(2,3)4)25-17-20-11-9-8-10-12-20/h8-12,19,21H,13-18H2,1-7H3.